The van der Waals surface area contributed by atoms with Crippen LogP contribution in [0.2, 0.25) is 0 Å². The number of carbonyl (C=O) groups excluding carboxylic acids is 1. The first-order chi connectivity index (χ1) is 13.4. The van der Waals surface area contributed by atoms with Crippen LogP contribution < -0.4 is 5.56 Å². The van der Waals surface area contributed by atoms with Crippen molar-refractivity contribution in [3.63, 3.8) is 0 Å². The van der Waals surface area contributed by atoms with Crippen LogP contribution in [0.3, 0.4) is 0 Å². The SMILES string of the molecule is C[C@H]1C[C@H](C)CN(C(=O)Cn2cnc3scc(-c4ccc(F)cc4)c3c2=O)C1. The van der Waals surface area contributed by atoms with Gasteiger partial charge in [0.25, 0.3) is 5.56 Å². The molecule has 0 saturated carbocycles. The molecule has 3 heterocycles. The number of carbonyl (C=O) groups is 1. The maximum atomic E-state index is 13.2. The fourth-order valence-corrected chi connectivity index (χ4v) is 4.94. The molecule has 1 aromatic carbocycles. The lowest BCUT2D eigenvalue weighted by Crippen LogP contribution is -2.44. The number of hydrogen-bond acceptors (Lipinski definition) is 4. The minimum atomic E-state index is -0.325. The Morgan fingerprint density at radius 2 is 1.89 bits per heavy atom. The highest BCUT2D eigenvalue weighted by Crippen LogP contribution is 2.30. The van der Waals surface area contributed by atoms with Gasteiger partial charge in [0, 0.05) is 24.0 Å². The molecule has 0 N–H and O–H groups in total. The Labute approximate surface area is 166 Å². The van der Waals surface area contributed by atoms with Crippen LogP contribution in [-0.2, 0) is 11.3 Å². The van der Waals surface area contributed by atoms with E-state index in [1.807, 2.05) is 10.3 Å². The Bertz CT molecular complexity index is 1060. The van der Waals surface area contributed by atoms with Crippen molar-refractivity contribution in [2.75, 3.05) is 13.1 Å². The molecule has 3 aromatic rings. The Morgan fingerprint density at radius 3 is 2.57 bits per heavy atom. The summed E-state index contributed by atoms with van der Waals surface area (Å²) in [5.41, 5.74) is 1.24. The number of rotatable bonds is 3. The van der Waals surface area contributed by atoms with Crippen LogP contribution in [0.5, 0.6) is 0 Å². The van der Waals surface area contributed by atoms with Crippen molar-refractivity contribution >= 4 is 27.5 Å². The molecule has 1 saturated heterocycles. The summed E-state index contributed by atoms with van der Waals surface area (Å²) in [5, 5.41) is 2.33. The van der Waals surface area contributed by atoms with Crippen LogP contribution in [0.25, 0.3) is 21.3 Å². The number of piperidine rings is 1. The van der Waals surface area contributed by atoms with Gasteiger partial charge in [-0.2, -0.15) is 0 Å². The van der Waals surface area contributed by atoms with Gasteiger partial charge in [-0.25, -0.2) is 9.37 Å². The summed E-state index contributed by atoms with van der Waals surface area (Å²) in [4.78, 5) is 32.7. The van der Waals surface area contributed by atoms with Crippen LogP contribution in [0, 0.1) is 17.7 Å². The van der Waals surface area contributed by atoms with Crippen molar-refractivity contribution in [2.45, 2.75) is 26.8 Å². The zero-order valence-corrected chi connectivity index (χ0v) is 16.7. The molecule has 0 unspecified atom stereocenters. The molecule has 0 bridgehead atoms. The Balaban J connectivity index is 1.66. The van der Waals surface area contributed by atoms with E-state index in [-0.39, 0.29) is 23.8 Å². The number of likely N-dealkylation sites (tertiary alicyclic amines) is 1. The van der Waals surface area contributed by atoms with Gasteiger partial charge in [0.1, 0.15) is 17.2 Å². The highest BCUT2D eigenvalue weighted by atomic mass is 32.1. The summed E-state index contributed by atoms with van der Waals surface area (Å²) < 4.78 is 14.6. The van der Waals surface area contributed by atoms with Gasteiger partial charge in [-0.1, -0.05) is 26.0 Å². The summed E-state index contributed by atoms with van der Waals surface area (Å²) in [6.45, 7) is 5.74. The van der Waals surface area contributed by atoms with E-state index >= 15 is 0 Å². The molecule has 7 heteroatoms. The van der Waals surface area contributed by atoms with E-state index in [1.54, 1.807) is 12.1 Å². The van der Waals surface area contributed by atoms with E-state index in [0.29, 0.717) is 22.1 Å². The second kappa shape index (κ2) is 7.47. The van der Waals surface area contributed by atoms with E-state index < -0.39 is 0 Å². The van der Waals surface area contributed by atoms with Gasteiger partial charge in [-0.05, 0) is 36.0 Å². The number of hydrogen-bond donors (Lipinski definition) is 0. The maximum absolute atomic E-state index is 13.2. The van der Waals surface area contributed by atoms with Crippen LogP contribution in [-0.4, -0.2) is 33.4 Å². The number of halogens is 1. The lowest BCUT2D eigenvalue weighted by atomic mass is 9.92. The van der Waals surface area contributed by atoms with Crippen molar-refractivity contribution in [3.8, 4) is 11.1 Å². The zero-order chi connectivity index (χ0) is 19.8. The Hall–Kier alpha value is -2.54. The summed E-state index contributed by atoms with van der Waals surface area (Å²) in [5.74, 6) is 0.550. The van der Waals surface area contributed by atoms with Crippen molar-refractivity contribution in [1.82, 2.24) is 14.5 Å². The van der Waals surface area contributed by atoms with Crippen molar-refractivity contribution in [2.24, 2.45) is 11.8 Å². The molecule has 0 radical (unpaired) electrons. The highest BCUT2D eigenvalue weighted by molar-refractivity contribution is 7.17. The smallest absolute Gasteiger partial charge is 0.263 e. The molecule has 1 aliphatic heterocycles. The molecule has 0 aliphatic carbocycles. The molecule has 5 nitrogen and oxygen atoms in total. The van der Waals surface area contributed by atoms with Gasteiger partial charge in [-0.15, -0.1) is 11.3 Å². The molecule has 1 aliphatic rings. The van der Waals surface area contributed by atoms with Crippen LogP contribution in [0.15, 0.2) is 40.8 Å². The second-order valence-corrected chi connectivity index (χ2v) is 8.62. The molecule has 2 atom stereocenters. The number of amides is 1. The molecule has 146 valence electrons. The largest absolute Gasteiger partial charge is 0.341 e. The number of benzene rings is 1. The van der Waals surface area contributed by atoms with E-state index in [4.69, 9.17) is 0 Å². The van der Waals surface area contributed by atoms with Crippen molar-refractivity contribution in [1.29, 1.82) is 0 Å². The van der Waals surface area contributed by atoms with E-state index in [2.05, 4.69) is 18.8 Å². The van der Waals surface area contributed by atoms with E-state index in [0.717, 1.165) is 30.6 Å². The summed E-state index contributed by atoms with van der Waals surface area (Å²) in [6, 6.07) is 6.04. The third kappa shape index (κ3) is 3.58. The number of fused-ring (bicyclic) bond motifs is 1. The van der Waals surface area contributed by atoms with Crippen molar-refractivity contribution in [3.05, 3.63) is 52.1 Å². The van der Waals surface area contributed by atoms with Gasteiger partial charge in [0.15, 0.2) is 0 Å². The highest BCUT2D eigenvalue weighted by Gasteiger charge is 2.26. The number of thiophene rings is 1. The van der Waals surface area contributed by atoms with Crippen molar-refractivity contribution < 1.29 is 9.18 Å². The predicted octanol–water partition coefficient (Wildman–Crippen LogP) is 3.77. The quantitative estimate of drug-likeness (QED) is 0.674. The monoisotopic (exact) mass is 399 g/mol. The van der Waals surface area contributed by atoms with Crippen LogP contribution in [0.4, 0.5) is 4.39 Å². The number of aromatic nitrogens is 2. The average Bonchev–Trinajstić information content (AvgIpc) is 3.08. The zero-order valence-electron chi connectivity index (χ0n) is 15.9. The minimum Gasteiger partial charge on any atom is -0.341 e. The van der Waals surface area contributed by atoms with Crippen LogP contribution in [0.1, 0.15) is 20.3 Å². The average molecular weight is 399 g/mol. The van der Waals surface area contributed by atoms with Gasteiger partial charge < -0.3 is 4.90 Å². The lowest BCUT2D eigenvalue weighted by molar-refractivity contribution is -0.134. The first-order valence-electron chi connectivity index (χ1n) is 9.42. The summed E-state index contributed by atoms with van der Waals surface area (Å²) >= 11 is 1.37. The molecule has 1 amide bonds. The third-order valence-electron chi connectivity index (χ3n) is 5.24. The minimum absolute atomic E-state index is 0.0140. The standard InChI is InChI=1S/C21H22FN3O2S/c1-13-7-14(2)9-24(8-13)18(26)10-25-12-23-20-19(21(25)27)17(11-28-20)15-3-5-16(22)6-4-15/h3-6,11-14H,7-10H2,1-2H3/t13-,14-/m0/s1. The second-order valence-electron chi connectivity index (χ2n) is 7.76. The first kappa shape index (κ1) is 18.8. The molecule has 2 aromatic heterocycles. The van der Waals surface area contributed by atoms with Gasteiger partial charge in [0.2, 0.25) is 5.91 Å². The fraction of sp³-hybridized carbons (Fsp3) is 0.381. The molecular formula is C21H22FN3O2S. The van der Waals surface area contributed by atoms with Gasteiger partial charge in [0.05, 0.1) is 11.7 Å². The maximum Gasteiger partial charge on any atom is 0.263 e. The van der Waals surface area contributed by atoms with E-state index in [1.165, 1.54) is 34.4 Å². The molecule has 4 rings (SSSR count). The fourth-order valence-electron chi connectivity index (χ4n) is 4.03. The Kier molecular flexibility index (Phi) is 5.02. The van der Waals surface area contributed by atoms with Crippen LogP contribution >= 0.6 is 11.3 Å². The topological polar surface area (TPSA) is 55.2 Å². The third-order valence-corrected chi connectivity index (χ3v) is 6.13. The lowest BCUT2D eigenvalue weighted by Gasteiger charge is -2.35. The number of nitrogens with zero attached hydrogens (tertiary/aromatic N) is 3. The van der Waals surface area contributed by atoms with E-state index in [9.17, 15) is 14.0 Å². The first-order valence-corrected chi connectivity index (χ1v) is 10.3. The molecular weight excluding hydrogens is 377 g/mol. The molecule has 1 fully saturated rings. The molecule has 28 heavy (non-hydrogen) atoms. The van der Waals surface area contributed by atoms with Gasteiger partial charge in [-0.3, -0.25) is 14.2 Å². The summed E-state index contributed by atoms with van der Waals surface area (Å²) in [6.07, 6.45) is 2.57. The molecule has 0 spiro atoms. The summed E-state index contributed by atoms with van der Waals surface area (Å²) in [7, 11) is 0. The normalized spacial score (nSPS) is 19.9. The Morgan fingerprint density at radius 1 is 1.21 bits per heavy atom. The van der Waals surface area contributed by atoms with Gasteiger partial charge >= 0.3 is 0 Å². The predicted molar refractivity (Wildman–Crippen MR) is 109 cm³/mol.